The van der Waals surface area contributed by atoms with Crippen LogP contribution in [-0.2, 0) is 117 Å². The maximum absolute atomic E-state index is 13.6. The van der Waals surface area contributed by atoms with Crippen LogP contribution in [0.5, 0.6) is 11.5 Å². The molecule has 0 amide bonds. The fraction of sp³-hybridized carbons (Fsp3) is 0.500. The molecule has 2 unspecified atom stereocenters. The number of ether oxygens (including phenoxy) is 4. The number of hydrogen-bond donors (Lipinski definition) is 0. The van der Waals surface area contributed by atoms with Crippen LogP contribution >= 0.6 is 31.9 Å². The fourth-order valence-electron chi connectivity index (χ4n) is 4.89. The Kier molecular flexibility index (Phi) is 44.2. The Morgan fingerprint density at radius 2 is 0.774 bits per heavy atom. The summed E-state index contributed by atoms with van der Waals surface area (Å²) in [5.74, 6) is -2.16. The predicted molar refractivity (Wildman–Crippen MR) is 237 cm³/mol. The third kappa shape index (κ3) is 25.3. The molecule has 2 aromatic rings. The van der Waals surface area contributed by atoms with Gasteiger partial charge in [0.1, 0.15) is 33.4 Å². The molecule has 0 aliphatic heterocycles. The number of carbonyl (C=O) groups is 4. The van der Waals surface area contributed by atoms with Crippen molar-refractivity contribution in [1.82, 2.24) is 9.80 Å². The molecule has 2 aromatic carbocycles. The quantitative estimate of drug-likeness (QED) is 0.0439. The second-order valence-electron chi connectivity index (χ2n) is 14.0. The Bertz CT molecular complexity index is 1510. The maximum Gasteiger partial charge on any atom is 3.00 e. The summed E-state index contributed by atoms with van der Waals surface area (Å²) in [6.45, 7) is 31.0. The molecule has 0 spiro atoms. The van der Waals surface area contributed by atoms with Gasteiger partial charge in [-0.05, 0) is 82.6 Å². The molecule has 2 rings (SSSR count). The smallest absolute Gasteiger partial charge is 0.777 e. The summed E-state index contributed by atoms with van der Waals surface area (Å²) in [5, 5.41) is 0.834. The first-order chi connectivity index (χ1) is 27.9. The van der Waals surface area contributed by atoms with Gasteiger partial charge in [0.15, 0.2) is 0 Å². The zero-order chi connectivity index (χ0) is 48.8. The summed E-state index contributed by atoms with van der Waals surface area (Å²) in [7, 11) is 7.49. The molecule has 0 saturated heterocycles. The second kappa shape index (κ2) is 37.3. The van der Waals surface area contributed by atoms with Crippen LogP contribution in [0.2, 0.25) is 0 Å². The van der Waals surface area contributed by atoms with E-state index in [4.69, 9.17) is 73.0 Å². The molecule has 16 nitrogen and oxygen atoms in total. The summed E-state index contributed by atoms with van der Waals surface area (Å²) >= 11 is 18.2. The van der Waals surface area contributed by atoms with Gasteiger partial charge in [0.05, 0.1) is 10.8 Å². The third-order valence-electron chi connectivity index (χ3n) is 7.47. The molecule has 0 fully saturated rings. The van der Waals surface area contributed by atoms with E-state index in [0.717, 1.165) is 0 Å². The van der Waals surface area contributed by atoms with Gasteiger partial charge < -0.3 is 82.8 Å². The number of alkyl halides is 2. The van der Waals surface area contributed by atoms with E-state index in [-0.39, 0.29) is 81.5 Å². The number of likely N-dealkylation sites (N-methyl/N-ethyl adjacent to an activating group) is 2. The van der Waals surface area contributed by atoms with Gasteiger partial charge in [-0.3, -0.25) is 59.9 Å². The number of fused-ring (bicyclic) bond motifs is 1. The average Bonchev–Trinajstić information content (AvgIpc) is 3.21. The van der Waals surface area contributed by atoms with Gasteiger partial charge in [0.25, 0.3) is 0 Å². The Hall–Kier alpha value is -3.04. The molecular formula is C40H52Br2Fe2N2O14S2-2. The predicted octanol–water partition coefficient (Wildman–Crippen LogP) is 4.16. The van der Waals surface area contributed by atoms with Crippen molar-refractivity contribution in [1.29, 1.82) is 0 Å². The number of esters is 4. The van der Waals surface area contributed by atoms with Crippen LogP contribution in [0.15, 0.2) is 34.1 Å². The second-order valence-corrected chi connectivity index (χ2v) is 18.4. The van der Waals surface area contributed by atoms with Crippen LogP contribution in [-0.4, -0.2) is 138 Å². The zero-order valence-corrected chi connectivity index (χ0v) is 42.9. The van der Waals surface area contributed by atoms with E-state index < -0.39 is 43.4 Å². The maximum atomic E-state index is 13.6. The molecule has 2 atom stereocenters. The number of nitrogens with zero attached hydrogens (tertiary/aromatic N) is 2. The van der Waals surface area contributed by atoms with Gasteiger partial charge in [-0.15, -0.1) is 9.79 Å². The molecule has 0 saturated carbocycles. The molecule has 62 heavy (non-hydrogen) atoms. The minimum atomic E-state index is -1.16. The molecule has 0 aliphatic rings. The van der Waals surface area contributed by atoms with Crippen LogP contribution < -0.4 is 9.47 Å². The average molecular weight is 1120 g/mol. The van der Waals surface area contributed by atoms with E-state index in [1.807, 2.05) is 38.0 Å². The fourth-order valence-corrected chi connectivity index (χ4v) is 7.01. The number of rotatable bonds is 16. The van der Waals surface area contributed by atoms with Crippen molar-refractivity contribution in [3.05, 3.63) is 24.3 Å². The van der Waals surface area contributed by atoms with Crippen LogP contribution in [0, 0.1) is 10.8 Å². The first-order valence-electron chi connectivity index (χ1n) is 16.7. The molecule has 350 valence electrons. The molecule has 0 N–H and O–H groups in total. The van der Waals surface area contributed by atoms with Gasteiger partial charge in [-0.2, -0.15) is 0 Å². The number of benzene rings is 2. The van der Waals surface area contributed by atoms with E-state index in [9.17, 15) is 19.2 Å². The van der Waals surface area contributed by atoms with Gasteiger partial charge in [-0.25, -0.2) is 0 Å². The molecule has 2 radical (unpaired) electrons. The minimum Gasteiger partial charge on any atom is -0.777 e. The number of halogens is 2. The molecule has 0 aromatic heterocycles. The van der Waals surface area contributed by atoms with Crippen molar-refractivity contribution in [2.24, 2.45) is 10.8 Å². The van der Waals surface area contributed by atoms with E-state index in [1.54, 1.807) is 65.8 Å². The van der Waals surface area contributed by atoms with Gasteiger partial charge >= 0.3 is 58.0 Å². The van der Waals surface area contributed by atoms with Crippen LogP contribution in [0.3, 0.4) is 0 Å². The molecule has 22 heteroatoms. The monoisotopic (exact) mass is 1120 g/mol. The Morgan fingerprint density at radius 1 is 0.532 bits per heavy atom. The van der Waals surface area contributed by atoms with E-state index in [2.05, 4.69) is 72.6 Å². The van der Waals surface area contributed by atoms with Crippen molar-refractivity contribution in [2.75, 3.05) is 54.5 Å². The Morgan fingerprint density at radius 3 is 1.00 bits per heavy atom. The molecular weight excluding hydrogens is 1070 g/mol. The van der Waals surface area contributed by atoms with Crippen molar-refractivity contribution in [2.45, 2.75) is 72.8 Å². The largest absolute Gasteiger partial charge is 3.00 e. The van der Waals surface area contributed by atoms with Gasteiger partial charge in [0, 0.05) is 23.9 Å². The summed E-state index contributed by atoms with van der Waals surface area (Å²) < 4.78 is 20.3. The van der Waals surface area contributed by atoms with Crippen LogP contribution in [0.25, 0.3) is 10.8 Å². The van der Waals surface area contributed by atoms with Gasteiger partial charge in [0.2, 0.25) is 0 Å². The summed E-state index contributed by atoms with van der Waals surface area (Å²) in [6, 6.07) is 6.84. The van der Waals surface area contributed by atoms with Crippen molar-refractivity contribution in [3.8, 4) is 11.5 Å². The minimum absolute atomic E-state index is 0. The van der Waals surface area contributed by atoms with E-state index in [0.29, 0.717) is 23.9 Å². The van der Waals surface area contributed by atoms with E-state index >= 15 is 0 Å². The van der Waals surface area contributed by atoms with Crippen molar-refractivity contribution >= 4 is 133 Å². The normalized spacial score (nSPS) is 11.8. The SMILES string of the molecule is CN(C)CCOC(=O)C(C)(Br)CC(C)(C)C(=O)Oc1c([S-])c([S-])c(OC(=O)C(C)(C)CC(C)(Br)C(=O)OCCN(C)C)c2ccccc12.[CH-]=O.[CH-]=O.[CH-]=O.[CH-]=O.[CH-]=O.[CH-]=O.[Fe+3].[Fe+3]. The summed E-state index contributed by atoms with van der Waals surface area (Å²) in [4.78, 5) is 103. The zero-order valence-electron chi connectivity index (χ0n) is 35.9. The van der Waals surface area contributed by atoms with Crippen LogP contribution in [0.1, 0.15) is 54.4 Å². The Balaban J connectivity index is -0.000000396. The Labute approximate surface area is 414 Å². The number of carbonyl (C=O) groups excluding carboxylic acids is 10. The number of hydrogen-bond acceptors (Lipinski definition) is 18. The molecule has 0 heterocycles. The summed E-state index contributed by atoms with van der Waals surface area (Å²) in [6.07, 6.45) is 0.122. The van der Waals surface area contributed by atoms with Crippen molar-refractivity contribution in [3.63, 3.8) is 0 Å². The van der Waals surface area contributed by atoms with Gasteiger partial charge in [-0.1, -0.05) is 56.1 Å². The van der Waals surface area contributed by atoms with Crippen LogP contribution in [0.4, 0.5) is 0 Å². The van der Waals surface area contributed by atoms with Crippen molar-refractivity contribution < 1.29 is 101 Å². The first-order valence-corrected chi connectivity index (χ1v) is 19.1. The molecule has 0 aliphatic carbocycles. The standard InChI is InChI=1S/C34H48Br2N2O8S2.6CHO.2Fe/c1-31(2,19-33(5,35)29(41)43-17-15-37(7)8)27(39)45-23-21-13-11-12-14-22(21)24(26(48)25(23)47)46-28(40)32(3,4)20-34(6,36)30(42)44-18-16-38(9)10;6*1-2;;/h11-14,47-48H,15-20H2,1-10H3;6*1H;;/q;6*-1;2*+3/p-2. The first kappa shape index (κ1) is 73.4. The topological polar surface area (TPSA) is 214 Å². The summed E-state index contributed by atoms with van der Waals surface area (Å²) in [5.41, 5.74) is -2.32. The van der Waals surface area contributed by atoms with E-state index in [1.165, 1.54) is 0 Å². The molecule has 0 bridgehead atoms. The third-order valence-corrected chi connectivity index (χ3v) is 9.59.